The van der Waals surface area contributed by atoms with Crippen molar-refractivity contribution < 1.29 is 0 Å². The molecule has 96 valence electrons. The lowest BCUT2D eigenvalue weighted by atomic mass is 10.0. The smallest absolute Gasteiger partial charge is 0.0449 e. The van der Waals surface area contributed by atoms with Gasteiger partial charge in [-0.3, -0.25) is 0 Å². The van der Waals surface area contributed by atoms with E-state index in [1.807, 2.05) is 7.05 Å². The normalized spacial score (nSPS) is 13.0. The Hall–Kier alpha value is -0.860. The van der Waals surface area contributed by atoms with Gasteiger partial charge in [0.1, 0.15) is 0 Å². The number of unbranched alkanes of at least 4 members (excludes halogenated alkanes) is 1. The van der Waals surface area contributed by atoms with Crippen molar-refractivity contribution in [1.29, 1.82) is 0 Å². The predicted octanol–water partition coefficient (Wildman–Crippen LogP) is 2.99. The molecule has 0 saturated heterocycles. The third-order valence-electron chi connectivity index (χ3n) is 3.30. The van der Waals surface area contributed by atoms with E-state index in [0.717, 1.165) is 6.54 Å². The molecule has 1 aromatic rings. The SMILES string of the molecule is CCCCN(C)CC(NC)c1ccccc1C. The molecule has 0 heterocycles. The van der Waals surface area contributed by atoms with Crippen LogP contribution in [-0.4, -0.2) is 32.1 Å². The van der Waals surface area contributed by atoms with Gasteiger partial charge in [-0.05, 0) is 45.1 Å². The van der Waals surface area contributed by atoms with Crippen molar-refractivity contribution in [3.8, 4) is 0 Å². The molecule has 1 unspecified atom stereocenters. The molecule has 2 heteroatoms. The summed E-state index contributed by atoms with van der Waals surface area (Å²) in [4.78, 5) is 2.41. The van der Waals surface area contributed by atoms with Crippen LogP contribution in [0.3, 0.4) is 0 Å². The topological polar surface area (TPSA) is 15.3 Å². The predicted molar refractivity (Wildman–Crippen MR) is 75.4 cm³/mol. The number of nitrogens with zero attached hydrogens (tertiary/aromatic N) is 1. The van der Waals surface area contributed by atoms with Crippen LogP contribution in [0.1, 0.15) is 36.9 Å². The van der Waals surface area contributed by atoms with Crippen molar-refractivity contribution >= 4 is 0 Å². The molecule has 1 N–H and O–H groups in total. The van der Waals surface area contributed by atoms with E-state index >= 15 is 0 Å². The number of likely N-dealkylation sites (N-methyl/N-ethyl adjacent to an activating group) is 2. The summed E-state index contributed by atoms with van der Waals surface area (Å²) < 4.78 is 0. The molecule has 0 aromatic heterocycles. The standard InChI is InChI=1S/C15H26N2/c1-5-6-11-17(4)12-15(16-3)14-10-8-7-9-13(14)2/h7-10,15-16H,5-6,11-12H2,1-4H3. The molecule has 0 spiro atoms. The second-order valence-corrected chi connectivity index (χ2v) is 4.81. The maximum absolute atomic E-state index is 3.42. The highest BCUT2D eigenvalue weighted by atomic mass is 15.1. The van der Waals surface area contributed by atoms with Gasteiger partial charge in [0.15, 0.2) is 0 Å². The summed E-state index contributed by atoms with van der Waals surface area (Å²) >= 11 is 0. The van der Waals surface area contributed by atoms with Gasteiger partial charge in [-0.25, -0.2) is 0 Å². The van der Waals surface area contributed by atoms with E-state index in [1.54, 1.807) is 0 Å². The maximum atomic E-state index is 3.42. The number of benzene rings is 1. The van der Waals surface area contributed by atoms with E-state index in [1.165, 1.54) is 30.5 Å². The van der Waals surface area contributed by atoms with E-state index in [9.17, 15) is 0 Å². The highest BCUT2D eigenvalue weighted by molar-refractivity contribution is 5.28. The number of hydrogen-bond acceptors (Lipinski definition) is 2. The molecular weight excluding hydrogens is 208 g/mol. The molecule has 0 saturated carbocycles. The zero-order valence-electron chi connectivity index (χ0n) is 11.7. The third kappa shape index (κ3) is 4.49. The minimum atomic E-state index is 0.429. The van der Waals surface area contributed by atoms with Crippen LogP contribution in [0.15, 0.2) is 24.3 Å². The Morgan fingerprint density at radius 2 is 2.00 bits per heavy atom. The zero-order chi connectivity index (χ0) is 12.7. The Morgan fingerprint density at radius 3 is 2.59 bits per heavy atom. The molecule has 2 nitrogen and oxygen atoms in total. The molecule has 1 atom stereocenters. The molecule has 17 heavy (non-hydrogen) atoms. The van der Waals surface area contributed by atoms with Gasteiger partial charge in [-0.2, -0.15) is 0 Å². The highest BCUT2D eigenvalue weighted by Crippen LogP contribution is 2.17. The summed E-state index contributed by atoms with van der Waals surface area (Å²) in [6, 6.07) is 9.07. The van der Waals surface area contributed by atoms with E-state index in [0.29, 0.717) is 6.04 Å². The largest absolute Gasteiger partial charge is 0.312 e. The van der Waals surface area contributed by atoms with Gasteiger partial charge in [0, 0.05) is 12.6 Å². The average Bonchev–Trinajstić information content (AvgIpc) is 2.34. The van der Waals surface area contributed by atoms with Crippen LogP contribution in [0, 0.1) is 6.92 Å². The van der Waals surface area contributed by atoms with Gasteiger partial charge in [0.2, 0.25) is 0 Å². The lowest BCUT2D eigenvalue weighted by Crippen LogP contribution is -2.32. The van der Waals surface area contributed by atoms with Crippen molar-refractivity contribution in [3.63, 3.8) is 0 Å². The van der Waals surface area contributed by atoms with E-state index in [-0.39, 0.29) is 0 Å². The first kappa shape index (κ1) is 14.2. The van der Waals surface area contributed by atoms with Gasteiger partial charge in [0.25, 0.3) is 0 Å². The maximum Gasteiger partial charge on any atom is 0.0449 e. The van der Waals surface area contributed by atoms with Crippen molar-refractivity contribution in [2.24, 2.45) is 0 Å². The number of aryl methyl sites for hydroxylation is 1. The fraction of sp³-hybridized carbons (Fsp3) is 0.600. The Balaban J connectivity index is 2.62. The van der Waals surface area contributed by atoms with Crippen LogP contribution >= 0.6 is 0 Å². The Labute approximate surface area is 106 Å². The fourth-order valence-corrected chi connectivity index (χ4v) is 2.15. The highest BCUT2D eigenvalue weighted by Gasteiger charge is 2.13. The van der Waals surface area contributed by atoms with Crippen LogP contribution in [-0.2, 0) is 0 Å². The van der Waals surface area contributed by atoms with E-state index < -0.39 is 0 Å². The van der Waals surface area contributed by atoms with Crippen LogP contribution in [0.5, 0.6) is 0 Å². The number of nitrogens with one attached hydrogen (secondary N) is 1. The Kier molecular flexibility index (Phi) is 6.23. The minimum Gasteiger partial charge on any atom is -0.312 e. The van der Waals surface area contributed by atoms with Crippen LogP contribution in [0.4, 0.5) is 0 Å². The van der Waals surface area contributed by atoms with Gasteiger partial charge in [0.05, 0.1) is 0 Å². The lowest BCUT2D eigenvalue weighted by Gasteiger charge is -2.25. The summed E-state index contributed by atoms with van der Waals surface area (Å²) in [6.07, 6.45) is 2.54. The first-order chi connectivity index (χ1) is 8.19. The lowest BCUT2D eigenvalue weighted by molar-refractivity contribution is 0.292. The Morgan fingerprint density at radius 1 is 1.29 bits per heavy atom. The molecule has 0 aliphatic carbocycles. The first-order valence-electron chi connectivity index (χ1n) is 6.60. The molecule has 0 amide bonds. The van der Waals surface area contributed by atoms with Crippen LogP contribution in [0.2, 0.25) is 0 Å². The molecule has 0 fully saturated rings. The quantitative estimate of drug-likeness (QED) is 0.780. The molecule has 0 bridgehead atoms. The van der Waals surface area contributed by atoms with Gasteiger partial charge < -0.3 is 10.2 Å². The summed E-state index contributed by atoms with van der Waals surface area (Å²) in [7, 11) is 4.25. The summed E-state index contributed by atoms with van der Waals surface area (Å²) in [5, 5.41) is 3.42. The monoisotopic (exact) mass is 234 g/mol. The van der Waals surface area contributed by atoms with Crippen molar-refractivity contribution in [2.45, 2.75) is 32.7 Å². The second kappa shape index (κ2) is 7.46. The van der Waals surface area contributed by atoms with Gasteiger partial charge in [-0.15, -0.1) is 0 Å². The molecule has 1 aromatic carbocycles. The number of rotatable bonds is 7. The molecule has 0 radical (unpaired) electrons. The summed E-state index contributed by atoms with van der Waals surface area (Å²) in [5.41, 5.74) is 2.79. The zero-order valence-corrected chi connectivity index (χ0v) is 11.7. The fourth-order valence-electron chi connectivity index (χ4n) is 2.15. The van der Waals surface area contributed by atoms with Gasteiger partial charge in [-0.1, -0.05) is 37.6 Å². The molecular formula is C15H26N2. The summed E-state index contributed by atoms with van der Waals surface area (Å²) in [5.74, 6) is 0. The molecule has 0 aliphatic rings. The molecule has 1 rings (SSSR count). The minimum absolute atomic E-state index is 0.429. The third-order valence-corrected chi connectivity index (χ3v) is 3.30. The van der Waals surface area contributed by atoms with Gasteiger partial charge >= 0.3 is 0 Å². The number of hydrogen-bond donors (Lipinski definition) is 1. The van der Waals surface area contributed by atoms with Crippen molar-refractivity contribution in [2.75, 3.05) is 27.2 Å². The average molecular weight is 234 g/mol. The van der Waals surface area contributed by atoms with Crippen molar-refractivity contribution in [3.05, 3.63) is 35.4 Å². The van der Waals surface area contributed by atoms with E-state index in [4.69, 9.17) is 0 Å². The van der Waals surface area contributed by atoms with Crippen molar-refractivity contribution in [1.82, 2.24) is 10.2 Å². The summed E-state index contributed by atoms with van der Waals surface area (Å²) in [6.45, 7) is 6.68. The molecule has 0 aliphatic heterocycles. The Bertz CT molecular complexity index is 322. The van der Waals surface area contributed by atoms with Crippen LogP contribution < -0.4 is 5.32 Å². The second-order valence-electron chi connectivity index (χ2n) is 4.81. The van der Waals surface area contributed by atoms with E-state index in [2.05, 4.69) is 55.4 Å². The van der Waals surface area contributed by atoms with Crippen LogP contribution in [0.25, 0.3) is 0 Å². The first-order valence-corrected chi connectivity index (χ1v) is 6.60.